The van der Waals surface area contributed by atoms with Gasteiger partial charge in [-0.05, 0) is 68.7 Å². The number of rotatable bonds is 8. The number of hydrogen-bond acceptors (Lipinski definition) is 5. The highest BCUT2D eigenvalue weighted by Gasteiger charge is 2.18. The number of nitrogens with zero attached hydrogens (tertiary/aromatic N) is 1. The number of halogens is 1. The molecule has 1 atom stereocenters. The first-order chi connectivity index (χ1) is 13.9. The minimum Gasteiger partial charge on any atom is -0.494 e. The highest BCUT2D eigenvalue weighted by atomic mass is 35.5. The maximum Gasteiger partial charge on any atom is 0.266 e. The third-order valence-electron chi connectivity index (χ3n) is 4.45. The smallest absolute Gasteiger partial charge is 0.266 e. The molecule has 3 aromatic rings. The van der Waals surface area contributed by atoms with Gasteiger partial charge < -0.3 is 9.47 Å². The zero-order valence-electron chi connectivity index (χ0n) is 17.0. The van der Waals surface area contributed by atoms with Crippen LogP contribution < -0.4 is 14.8 Å². The molecule has 5 nitrogen and oxygen atoms in total. The van der Waals surface area contributed by atoms with Crippen LogP contribution in [0.5, 0.6) is 11.5 Å². The minimum atomic E-state index is -0.671. The summed E-state index contributed by atoms with van der Waals surface area (Å²) in [6.45, 7) is 8.36. The number of fused-ring (bicyclic) bond motifs is 1. The van der Waals surface area contributed by atoms with Crippen LogP contribution >= 0.6 is 22.9 Å². The number of carbonyl (C=O) groups excluding carboxylic acids is 1. The van der Waals surface area contributed by atoms with Gasteiger partial charge in [0.05, 0.1) is 16.8 Å². The number of anilines is 1. The van der Waals surface area contributed by atoms with Gasteiger partial charge in [-0.1, -0.05) is 36.3 Å². The van der Waals surface area contributed by atoms with Crippen molar-refractivity contribution in [2.75, 3.05) is 11.9 Å². The summed E-state index contributed by atoms with van der Waals surface area (Å²) in [5, 5.41) is 4.09. The molecule has 0 saturated carbocycles. The third-order valence-corrected chi connectivity index (χ3v) is 5.98. The summed E-state index contributed by atoms with van der Waals surface area (Å²) in [5.41, 5.74) is 2.65. The van der Waals surface area contributed by atoms with E-state index in [0.29, 0.717) is 22.5 Å². The van der Waals surface area contributed by atoms with Gasteiger partial charge in [0.15, 0.2) is 11.2 Å². The van der Waals surface area contributed by atoms with Gasteiger partial charge in [0.1, 0.15) is 11.5 Å². The van der Waals surface area contributed by atoms with Crippen LogP contribution in [0.25, 0.3) is 10.2 Å². The lowest BCUT2D eigenvalue weighted by Crippen LogP contribution is -2.30. The monoisotopic (exact) mass is 432 g/mol. The molecule has 0 fully saturated rings. The second kappa shape index (κ2) is 9.46. The molecule has 154 valence electrons. The van der Waals surface area contributed by atoms with Crippen molar-refractivity contribution in [3.8, 4) is 11.5 Å². The van der Waals surface area contributed by atoms with Crippen molar-refractivity contribution >= 4 is 44.2 Å². The zero-order valence-corrected chi connectivity index (χ0v) is 18.6. The average molecular weight is 433 g/mol. The Balaban J connectivity index is 1.65. The number of carbonyl (C=O) groups is 1. The molecule has 1 aromatic heterocycles. The van der Waals surface area contributed by atoms with E-state index in [1.165, 1.54) is 11.3 Å². The second-order valence-corrected chi connectivity index (χ2v) is 8.38. The van der Waals surface area contributed by atoms with Crippen LogP contribution in [0.1, 0.15) is 37.8 Å². The van der Waals surface area contributed by atoms with Crippen molar-refractivity contribution in [3.63, 3.8) is 0 Å². The molecule has 0 aliphatic rings. The highest BCUT2D eigenvalue weighted by molar-refractivity contribution is 7.22. The van der Waals surface area contributed by atoms with E-state index in [2.05, 4.69) is 17.2 Å². The molecule has 0 spiro atoms. The number of hydrogen-bond donors (Lipinski definition) is 1. The minimum absolute atomic E-state index is 0.256. The van der Waals surface area contributed by atoms with E-state index in [4.69, 9.17) is 21.1 Å². The van der Waals surface area contributed by atoms with Crippen LogP contribution in [-0.2, 0) is 4.79 Å². The first-order valence-electron chi connectivity index (χ1n) is 9.65. The lowest BCUT2D eigenvalue weighted by Gasteiger charge is -2.15. The van der Waals surface area contributed by atoms with E-state index in [1.54, 1.807) is 6.92 Å². The van der Waals surface area contributed by atoms with Crippen molar-refractivity contribution in [2.45, 2.75) is 46.6 Å². The highest BCUT2D eigenvalue weighted by Crippen LogP contribution is 2.30. The number of amides is 1. The van der Waals surface area contributed by atoms with Crippen LogP contribution in [0.15, 0.2) is 30.3 Å². The molecule has 1 unspecified atom stereocenters. The molecule has 3 rings (SSSR count). The van der Waals surface area contributed by atoms with Gasteiger partial charge in [-0.25, -0.2) is 4.98 Å². The van der Waals surface area contributed by atoms with E-state index in [-0.39, 0.29) is 5.91 Å². The van der Waals surface area contributed by atoms with Crippen molar-refractivity contribution in [2.24, 2.45) is 0 Å². The molecule has 1 heterocycles. The molecule has 7 heteroatoms. The quantitative estimate of drug-likeness (QED) is 0.433. The maximum atomic E-state index is 12.6. The van der Waals surface area contributed by atoms with E-state index >= 15 is 0 Å². The standard InChI is InChI=1S/C22H25ClN2O3S/c1-5-6-9-27-16-7-8-18-19(12-16)29-22(24-18)25-21(26)15(4)28-17-10-13(2)20(23)14(3)11-17/h7-8,10-12,15H,5-6,9H2,1-4H3,(H,24,25,26). The maximum absolute atomic E-state index is 12.6. The van der Waals surface area contributed by atoms with Gasteiger partial charge in [0.25, 0.3) is 5.91 Å². The number of thiazole rings is 1. The summed E-state index contributed by atoms with van der Waals surface area (Å²) < 4.78 is 12.5. The number of aryl methyl sites for hydroxylation is 2. The topological polar surface area (TPSA) is 60.5 Å². The Labute approximate surface area is 180 Å². The van der Waals surface area contributed by atoms with Gasteiger partial charge in [-0.2, -0.15) is 0 Å². The largest absolute Gasteiger partial charge is 0.494 e. The first-order valence-corrected chi connectivity index (χ1v) is 10.8. The molecule has 0 radical (unpaired) electrons. The molecule has 1 amide bonds. The molecular formula is C22H25ClN2O3S. The lowest BCUT2D eigenvalue weighted by atomic mass is 10.1. The summed E-state index contributed by atoms with van der Waals surface area (Å²) in [6, 6.07) is 9.42. The number of unbranched alkanes of at least 4 members (excludes halogenated alkanes) is 1. The first kappa shape index (κ1) is 21.4. The van der Waals surface area contributed by atoms with Gasteiger partial charge >= 0.3 is 0 Å². The molecule has 0 saturated heterocycles. The molecule has 29 heavy (non-hydrogen) atoms. The number of benzene rings is 2. The van der Waals surface area contributed by atoms with E-state index in [0.717, 1.165) is 39.9 Å². The summed E-state index contributed by atoms with van der Waals surface area (Å²) in [5.74, 6) is 1.18. The predicted molar refractivity (Wildman–Crippen MR) is 120 cm³/mol. The normalized spacial score (nSPS) is 12.0. The molecule has 0 aliphatic carbocycles. The number of aromatic nitrogens is 1. The Morgan fingerprint density at radius 3 is 2.62 bits per heavy atom. The van der Waals surface area contributed by atoms with Crippen molar-refractivity contribution in [3.05, 3.63) is 46.5 Å². The zero-order chi connectivity index (χ0) is 21.0. The van der Waals surface area contributed by atoms with Crippen LogP contribution in [0.4, 0.5) is 5.13 Å². The fourth-order valence-corrected chi connectivity index (χ4v) is 3.83. The molecular weight excluding hydrogens is 408 g/mol. The van der Waals surface area contributed by atoms with Crippen LogP contribution in [0.3, 0.4) is 0 Å². The van der Waals surface area contributed by atoms with Crippen molar-refractivity contribution in [1.82, 2.24) is 4.98 Å². The van der Waals surface area contributed by atoms with Gasteiger partial charge in [0.2, 0.25) is 0 Å². The van der Waals surface area contributed by atoms with Crippen LogP contribution in [0.2, 0.25) is 5.02 Å². The van der Waals surface area contributed by atoms with Crippen LogP contribution in [0, 0.1) is 13.8 Å². The Hall–Kier alpha value is -2.31. The fourth-order valence-electron chi connectivity index (χ4n) is 2.82. The summed E-state index contributed by atoms with van der Waals surface area (Å²) in [4.78, 5) is 17.0. The Bertz CT molecular complexity index is 995. The van der Waals surface area contributed by atoms with Crippen molar-refractivity contribution < 1.29 is 14.3 Å². The Morgan fingerprint density at radius 1 is 1.21 bits per heavy atom. The molecule has 0 aliphatic heterocycles. The molecule has 1 N–H and O–H groups in total. The Morgan fingerprint density at radius 2 is 1.93 bits per heavy atom. The summed E-state index contributed by atoms with van der Waals surface area (Å²) in [7, 11) is 0. The summed E-state index contributed by atoms with van der Waals surface area (Å²) in [6.07, 6.45) is 1.44. The van der Waals surface area contributed by atoms with Gasteiger partial charge in [-0.3, -0.25) is 10.1 Å². The lowest BCUT2D eigenvalue weighted by molar-refractivity contribution is -0.122. The number of ether oxygens (including phenoxy) is 2. The average Bonchev–Trinajstić information content (AvgIpc) is 3.07. The van der Waals surface area contributed by atoms with Gasteiger partial charge in [0, 0.05) is 5.02 Å². The van der Waals surface area contributed by atoms with Crippen molar-refractivity contribution in [1.29, 1.82) is 0 Å². The number of nitrogens with one attached hydrogen (secondary N) is 1. The van der Waals surface area contributed by atoms with E-state index < -0.39 is 6.10 Å². The summed E-state index contributed by atoms with van der Waals surface area (Å²) >= 11 is 7.60. The van der Waals surface area contributed by atoms with Crippen LogP contribution in [-0.4, -0.2) is 23.6 Å². The fraction of sp³-hybridized carbons (Fsp3) is 0.364. The Kier molecular flexibility index (Phi) is 6.98. The van der Waals surface area contributed by atoms with Gasteiger partial charge in [-0.15, -0.1) is 0 Å². The predicted octanol–water partition coefficient (Wildman–Crippen LogP) is 6.15. The SMILES string of the molecule is CCCCOc1ccc2nc(NC(=O)C(C)Oc3cc(C)c(Cl)c(C)c3)sc2c1. The third kappa shape index (κ3) is 5.40. The van der Waals surface area contributed by atoms with E-state index in [1.807, 2.05) is 44.2 Å². The molecule has 0 bridgehead atoms. The molecule has 2 aromatic carbocycles. The van der Waals surface area contributed by atoms with E-state index in [9.17, 15) is 4.79 Å². The second-order valence-electron chi connectivity index (χ2n) is 6.97.